The number of ether oxygens (including phenoxy) is 1. The average molecular weight is 270 g/mol. The van der Waals surface area contributed by atoms with Crippen LogP contribution in [0.4, 0.5) is 4.79 Å². The predicted octanol–water partition coefficient (Wildman–Crippen LogP) is 3.83. The van der Waals surface area contributed by atoms with Crippen LogP contribution in [0.2, 0.25) is 5.02 Å². The van der Waals surface area contributed by atoms with E-state index in [0.29, 0.717) is 9.90 Å². The van der Waals surface area contributed by atoms with Gasteiger partial charge in [-0.2, -0.15) is 0 Å². The smallest absolute Gasteiger partial charge is 0.449 e. The standard InChI is InChI=1S/C11H8ClNO3S/c1-6-13-10(16-11(14)15)9(17-6)7-2-4-8(12)5-3-7/h2-5H,1H3,(H,14,15). The van der Waals surface area contributed by atoms with Crippen LogP contribution in [0.25, 0.3) is 10.4 Å². The highest BCUT2D eigenvalue weighted by Gasteiger charge is 2.15. The van der Waals surface area contributed by atoms with Gasteiger partial charge in [-0.05, 0) is 24.6 Å². The quantitative estimate of drug-likeness (QED) is 0.842. The lowest BCUT2D eigenvalue weighted by Gasteiger charge is -2.00. The topological polar surface area (TPSA) is 59.4 Å². The highest BCUT2D eigenvalue weighted by molar-refractivity contribution is 7.15. The van der Waals surface area contributed by atoms with E-state index in [2.05, 4.69) is 9.72 Å². The third kappa shape index (κ3) is 2.75. The molecule has 1 aromatic carbocycles. The number of hydrogen-bond acceptors (Lipinski definition) is 4. The number of carbonyl (C=O) groups is 1. The highest BCUT2D eigenvalue weighted by atomic mass is 35.5. The molecule has 0 aliphatic rings. The molecule has 4 nitrogen and oxygen atoms in total. The zero-order valence-corrected chi connectivity index (χ0v) is 10.4. The van der Waals surface area contributed by atoms with Gasteiger partial charge >= 0.3 is 6.16 Å². The Bertz CT molecular complexity index is 550. The normalized spacial score (nSPS) is 10.2. The zero-order chi connectivity index (χ0) is 12.4. The van der Waals surface area contributed by atoms with E-state index in [1.807, 2.05) is 0 Å². The monoisotopic (exact) mass is 269 g/mol. The molecule has 0 spiro atoms. The predicted molar refractivity (Wildman–Crippen MR) is 65.9 cm³/mol. The summed E-state index contributed by atoms with van der Waals surface area (Å²) >= 11 is 7.16. The largest absolute Gasteiger partial charge is 0.512 e. The summed E-state index contributed by atoms with van der Waals surface area (Å²) in [6.07, 6.45) is -1.37. The van der Waals surface area contributed by atoms with Crippen LogP contribution in [0, 0.1) is 6.92 Å². The molecule has 1 N–H and O–H groups in total. The molecule has 88 valence electrons. The molecule has 0 radical (unpaired) electrons. The van der Waals surface area contributed by atoms with Gasteiger partial charge in [0.05, 0.1) is 9.88 Å². The summed E-state index contributed by atoms with van der Waals surface area (Å²) in [6, 6.07) is 7.06. The van der Waals surface area contributed by atoms with Gasteiger partial charge in [-0.25, -0.2) is 9.78 Å². The van der Waals surface area contributed by atoms with Crippen LogP contribution in [0.5, 0.6) is 5.88 Å². The molecule has 0 amide bonds. The first-order valence-electron chi connectivity index (χ1n) is 4.70. The van der Waals surface area contributed by atoms with E-state index in [9.17, 15) is 4.79 Å². The van der Waals surface area contributed by atoms with E-state index < -0.39 is 6.16 Å². The molecule has 2 rings (SSSR count). The zero-order valence-electron chi connectivity index (χ0n) is 8.81. The van der Waals surface area contributed by atoms with E-state index in [0.717, 1.165) is 10.6 Å². The van der Waals surface area contributed by atoms with Crippen molar-refractivity contribution in [2.45, 2.75) is 6.92 Å². The lowest BCUT2D eigenvalue weighted by atomic mass is 10.2. The fraction of sp³-hybridized carbons (Fsp3) is 0.0909. The van der Waals surface area contributed by atoms with Gasteiger partial charge in [0.15, 0.2) is 0 Å². The Morgan fingerprint density at radius 3 is 2.65 bits per heavy atom. The van der Waals surface area contributed by atoms with Crippen molar-refractivity contribution in [2.75, 3.05) is 0 Å². The van der Waals surface area contributed by atoms with Crippen molar-refractivity contribution in [3.8, 4) is 16.3 Å². The molecule has 0 unspecified atom stereocenters. The maximum absolute atomic E-state index is 10.5. The first kappa shape index (κ1) is 11.9. The Morgan fingerprint density at radius 1 is 1.41 bits per heavy atom. The highest BCUT2D eigenvalue weighted by Crippen LogP contribution is 2.35. The summed E-state index contributed by atoms with van der Waals surface area (Å²) < 4.78 is 4.63. The van der Waals surface area contributed by atoms with Crippen molar-refractivity contribution in [1.82, 2.24) is 4.98 Å². The molecule has 0 aliphatic carbocycles. The number of nitrogens with zero attached hydrogens (tertiary/aromatic N) is 1. The Labute approximate surface area is 106 Å². The van der Waals surface area contributed by atoms with Crippen molar-refractivity contribution in [1.29, 1.82) is 0 Å². The molecule has 1 heterocycles. The fourth-order valence-corrected chi connectivity index (χ4v) is 2.32. The van der Waals surface area contributed by atoms with E-state index in [1.54, 1.807) is 31.2 Å². The molecule has 1 aromatic heterocycles. The van der Waals surface area contributed by atoms with Crippen molar-refractivity contribution in [2.24, 2.45) is 0 Å². The molecule has 0 atom stereocenters. The van der Waals surface area contributed by atoms with Crippen LogP contribution < -0.4 is 4.74 Å². The minimum absolute atomic E-state index is 0.113. The van der Waals surface area contributed by atoms with Crippen molar-refractivity contribution in [3.63, 3.8) is 0 Å². The van der Waals surface area contributed by atoms with E-state index >= 15 is 0 Å². The van der Waals surface area contributed by atoms with Gasteiger partial charge in [-0.3, -0.25) is 0 Å². The van der Waals surface area contributed by atoms with Crippen LogP contribution in [-0.4, -0.2) is 16.2 Å². The third-order valence-corrected chi connectivity index (χ3v) is 3.25. The van der Waals surface area contributed by atoms with Gasteiger partial charge in [0, 0.05) is 5.02 Å². The molecule has 2 aromatic rings. The van der Waals surface area contributed by atoms with E-state index in [-0.39, 0.29) is 5.88 Å². The summed E-state index contributed by atoms with van der Waals surface area (Å²) in [5.74, 6) is 0.113. The number of thiazole rings is 1. The van der Waals surface area contributed by atoms with Crippen molar-refractivity contribution < 1.29 is 14.6 Å². The maximum atomic E-state index is 10.5. The Morgan fingerprint density at radius 2 is 2.06 bits per heavy atom. The molecular weight excluding hydrogens is 262 g/mol. The summed E-state index contributed by atoms with van der Waals surface area (Å²) in [5.41, 5.74) is 0.830. The molecule has 0 fully saturated rings. The third-order valence-electron chi connectivity index (χ3n) is 1.99. The van der Waals surface area contributed by atoms with Gasteiger partial charge in [-0.15, -0.1) is 11.3 Å². The Kier molecular flexibility index (Phi) is 3.31. The average Bonchev–Trinajstić information content (AvgIpc) is 2.59. The Balaban J connectivity index is 2.43. The maximum Gasteiger partial charge on any atom is 0.512 e. The number of carboxylic acid groups (broad SMARTS) is 1. The van der Waals surface area contributed by atoms with Gasteiger partial charge < -0.3 is 9.84 Å². The lowest BCUT2D eigenvalue weighted by Crippen LogP contribution is -2.03. The number of rotatable bonds is 2. The van der Waals surface area contributed by atoms with Crippen LogP contribution >= 0.6 is 22.9 Å². The van der Waals surface area contributed by atoms with Gasteiger partial charge in [-0.1, -0.05) is 23.7 Å². The first-order valence-corrected chi connectivity index (χ1v) is 5.90. The van der Waals surface area contributed by atoms with Gasteiger partial charge in [0.1, 0.15) is 0 Å². The minimum Gasteiger partial charge on any atom is -0.449 e. The second-order valence-corrected chi connectivity index (χ2v) is 4.88. The van der Waals surface area contributed by atoms with E-state index in [1.165, 1.54) is 11.3 Å². The summed E-state index contributed by atoms with van der Waals surface area (Å²) in [4.78, 5) is 15.3. The second kappa shape index (κ2) is 4.73. The first-order chi connectivity index (χ1) is 8.06. The number of halogens is 1. The molecule has 0 bridgehead atoms. The molecule has 0 saturated heterocycles. The molecule has 6 heteroatoms. The summed E-state index contributed by atoms with van der Waals surface area (Å²) in [6.45, 7) is 1.79. The molecule has 0 saturated carbocycles. The molecule has 17 heavy (non-hydrogen) atoms. The van der Waals surface area contributed by atoms with Crippen LogP contribution in [-0.2, 0) is 0 Å². The van der Waals surface area contributed by atoms with Crippen molar-refractivity contribution >= 4 is 29.1 Å². The van der Waals surface area contributed by atoms with E-state index in [4.69, 9.17) is 16.7 Å². The number of aromatic nitrogens is 1. The lowest BCUT2D eigenvalue weighted by molar-refractivity contribution is 0.143. The number of hydrogen-bond donors (Lipinski definition) is 1. The van der Waals surface area contributed by atoms with Crippen LogP contribution in [0.15, 0.2) is 24.3 Å². The molecular formula is C11H8ClNO3S. The summed E-state index contributed by atoms with van der Waals surface area (Å²) in [5, 5.41) is 9.98. The van der Waals surface area contributed by atoms with Crippen molar-refractivity contribution in [3.05, 3.63) is 34.3 Å². The van der Waals surface area contributed by atoms with Crippen LogP contribution in [0.1, 0.15) is 5.01 Å². The summed E-state index contributed by atoms with van der Waals surface area (Å²) in [7, 11) is 0. The van der Waals surface area contributed by atoms with Crippen LogP contribution in [0.3, 0.4) is 0 Å². The number of aryl methyl sites for hydroxylation is 1. The Hall–Kier alpha value is -1.59. The van der Waals surface area contributed by atoms with Gasteiger partial charge in [0.2, 0.25) is 5.88 Å². The SMILES string of the molecule is Cc1nc(OC(=O)O)c(-c2ccc(Cl)cc2)s1. The number of benzene rings is 1. The fourth-order valence-electron chi connectivity index (χ4n) is 1.34. The minimum atomic E-state index is -1.37. The second-order valence-electron chi connectivity index (χ2n) is 3.24. The molecule has 0 aliphatic heterocycles. The van der Waals surface area contributed by atoms with Gasteiger partial charge in [0.25, 0.3) is 0 Å².